The second-order valence-electron chi connectivity index (χ2n) is 5.74. The van der Waals surface area contributed by atoms with Gasteiger partial charge in [0.05, 0.1) is 6.67 Å². The van der Waals surface area contributed by atoms with Crippen LogP contribution in [0, 0.1) is 0 Å². The summed E-state index contributed by atoms with van der Waals surface area (Å²) in [4.78, 5) is 5.03. The molecule has 0 aromatic rings. The van der Waals surface area contributed by atoms with Crippen LogP contribution in [-0.2, 0) is 0 Å². The van der Waals surface area contributed by atoms with E-state index in [0.717, 1.165) is 32.6 Å². The van der Waals surface area contributed by atoms with E-state index in [0.29, 0.717) is 0 Å². The monoisotopic (exact) mass is 298 g/mol. The van der Waals surface area contributed by atoms with E-state index >= 15 is 0 Å². The molecule has 2 nitrogen and oxygen atoms in total. The molecule has 1 aliphatic rings. The summed E-state index contributed by atoms with van der Waals surface area (Å²) >= 11 is 0. The highest BCUT2D eigenvalue weighted by molar-refractivity contribution is 5.19. The van der Waals surface area contributed by atoms with E-state index in [-0.39, 0.29) is 0 Å². The fraction of sp³-hybridized carbons (Fsp3) is 0.400. The number of nitrogens with zero attached hydrogens (tertiary/aromatic N) is 2. The topological polar surface area (TPSA) is 6.48 Å². The van der Waals surface area contributed by atoms with Crippen LogP contribution in [-0.4, -0.2) is 42.6 Å². The molecule has 120 valence electrons. The molecule has 2 heteroatoms. The van der Waals surface area contributed by atoms with Crippen LogP contribution in [0.3, 0.4) is 0 Å². The maximum Gasteiger partial charge on any atom is 0.0506 e. The van der Waals surface area contributed by atoms with Gasteiger partial charge in [-0.05, 0) is 19.3 Å². The summed E-state index contributed by atoms with van der Waals surface area (Å²) in [6.45, 7) is 21.1. The molecule has 0 bridgehead atoms. The van der Waals surface area contributed by atoms with Gasteiger partial charge in [-0.15, -0.1) is 0 Å². The Balaban J connectivity index is 2.29. The van der Waals surface area contributed by atoms with Crippen LogP contribution in [0.2, 0.25) is 0 Å². The highest BCUT2D eigenvalue weighted by atomic mass is 15.3. The van der Waals surface area contributed by atoms with Gasteiger partial charge >= 0.3 is 0 Å². The lowest BCUT2D eigenvalue weighted by atomic mass is 10.1. The first-order valence-corrected chi connectivity index (χ1v) is 8.04. The van der Waals surface area contributed by atoms with E-state index in [4.69, 9.17) is 0 Å². The van der Waals surface area contributed by atoms with E-state index < -0.39 is 0 Å². The maximum atomic E-state index is 4.08. The highest BCUT2D eigenvalue weighted by Gasteiger charge is 2.16. The van der Waals surface area contributed by atoms with Crippen molar-refractivity contribution in [3.63, 3.8) is 0 Å². The lowest BCUT2D eigenvalue weighted by Gasteiger charge is -2.35. The third kappa shape index (κ3) is 7.96. The Labute approximate surface area is 136 Å². The lowest BCUT2D eigenvalue weighted by molar-refractivity contribution is 0.0883. The molecule has 0 unspecified atom stereocenters. The average molecular weight is 298 g/mol. The number of hydrogen-bond donors (Lipinski definition) is 0. The van der Waals surface area contributed by atoms with Gasteiger partial charge in [0, 0.05) is 26.2 Å². The number of allylic oxidation sites excluding steroid dienone is 6. The quantitative estimate of drug-likeness (QED) is 0.554. The number of hydrogen-bond acceptors (Lipinski definition) is 2. The van der Waals surface area contributed by atoms with Crippen LogP contribution in [0.5, 0.6) is 0 Å². The molecular weight excluding hydrogens is 268 g/mol. The van der Waals surface area contributed by atoms with Gasteiger partial charge in [-0.25, -0.2) is 0 Å². The van der Waals surface area contributed by atoms with Crippen LogP contribution in [0.15, 0.2) is 73.9 Å². The first-order valence-electron chi connectivity index (χ1n) is 8.04. The van der Waals surface area contributed by atoms with Crippen molar-refractivity contribution in [2.24, 2.45) is 0 Å². The van der Waals surface area contributed by atoms with Crippen LogP contribution in [0.25, 0.3) is 0 Å². The van der Waals surface area contributed by atoms with Crippen molar-refractivity contribution in [2.75, 3.05) is 32.8 Å². The zero-order valence-corrected chi connectivity index (χ0v) is 13.8. The fourth-order valence-electron chi connectivity index (χ4n) is 2.49. The molecule has 0 atom stereocenters. The molecule has 0 N–H and O–H groups in total. The van der Waals surface area contributed by atoms with Crippen molar-refractivity contribution in [2.45, 2.75) is 19.3 Å². The minimum atomic E-state index is 1.02. The summed E-state index contributed by atoms with van der Waals surface area (Å²) in [5.74, 6) is 0. The SMILES string of the molecule is C=CC=CC(=C)CCN1CCCN(CCC(=C)C=CC=C)C1. The first-order chi connectivity index (χ1) is 10.7. The van der Waals surface area contributed by atoms with Gasteiger partial charge in [-0.1, -0.05) is 73.9 Å². The summed E-state index contributed by atoms with van der Waals surface area (Å²) in [6.07, 6.45) is 14.9. The standard InChI is InChI=1S/C20H30N2/c1-5-7-10-19(3)12-16-21-14-9-15-22(18-21)17-13-20(4)11-8-6-2/h5-8,10-11H,1-4,9,12-18H2. The number of rotatable bonds is 10. The van der Waals surface area contributed by atoms with Crippen molar-refractivity contribution >= 4 is 0 Å². The Morgan fingerprint density at radius 2 is 1.27 bits per heavy atom. The Kier molecular flexibility index (Phi) is 9.20. The molecule has 0 aromatic carbocycles. The first kappa shape index (κ1) is 18.4. The Morgan fingerprint density at radius 1 is 0.818 bits per heavy atom. The van der Waals surface area contributed by atoms with Crippen molar-refractivity contribution in [3.05, 3.63) is 73.9 Å². The summed E-state index contributed by atoms with van der Waals surface area (Å²) < 4.78 is 0. The smallest absolute Gasteiger partial charge is 0.0506 e. The largest absolute Gasteiger partial charge is 0.290 e. The van der Waals surface area contributed by atoms with E-state index in [9.17, 15) is 0 Å². The molecule has 0 amide bonds. The molecule has 0 aliphatic carbocycles. The Bertz CT molecular complexity index is 403. The van der Waals surface area contributed by atoms with Gasteiger partial charge in [-0.2, -0.15) is 0 Å². The van der Waals surface area contributed by atoms with Gasteiger partial charge in [0.1, 0.15) is 0 Å². The molecule has 22 heavy (non-hydrogen) atoms. The predicted molar refractivity (Wildman–Crippen MR) is 98.8 cm³/mol. The lowest BCUT2D eigenvalue weighted by Crippen LogP contribution is -2.45. The highest BCUT2D eigenvalue weighted by Crippen LogP contribution is 2.11. The Hall–Kier alpha value is -1.64. The van der Waals surface area contributed by atoms with Crippen LogP contribution < -0.4 is 0 Å². The Morgan fingerprint density at radius 3 is 1.68 bits per heavy atom. The molecule has 1 fully saturated rings. The van der Waals surface area contributed by atoms with Crippen molar-refractivity contribution in [1.82, 2.24) is 9.80 Å². The van der Waals surface area contributed by atoms with Gasteiger partial charge in [-0.3, -0.25) is 9.80 Å². The second-order valence-corrected chi connectivity index (χ2v) is 5.74. The zero-order chi connectivity index (χ0) is 16.2. The third-order valence-electron chi connectivity index (χ3n) is 3.78. The molecule has 1 saturated heterocycles. The minimum Gasteiger partial charge on any atom is -0.290 e. The van der Waals surface area contributed by atoms with Crippen LogP contribution in [0.4, 0.5) is 0 Å². The van der Waals surface area contributed by atoms with Gasteiger partial charge in [0.15, 0.2) is 0 Å². The molecule has 0 radical (unpaired) electrons. The molecule has 0 spiro atoms. The summed E-state index contributed by atoms with van der Waals surface area (Å²) in [7, 11) is 0. The zero-order valence-electron chi connectivity index (χ0n) is 13.8. The van der Waals surface area contributed by atoms with Crippen LogP contribution >= 0.6 is 0 Å². The van der Waals surface area contributed by atoms with Gasteiger partial charge in [0.25, 0.3) is 0 Å². The van der Waals surface area contributed by atoms with Crippen molar-refractivity contribution < 1.29 is 0 Å². The minimum absolute atomic E-state index is 1.02. The molecular formula is C20H30N2. The molecule has 0 saturated carbocycles. The van der Waals surface area contributed by atoms with Crippen molar-refractivity contribution in [1.29, 1.82) is 0 Å². The normalized spacial score (nSPS) is 17.1. The van der Waals surface area contributed by atoms with Crippen molar-refractivity contribution in [3.8, 4) is 0 Å². The van der Waals surface area contributed by atoms with E-state index in [2.05, 4.69) is 36.1 Å². The van der Waals surface area contributed by atoms with Gasteiger partial charge < -0.3 is 0 Å². The maximum absolute atomic E-state index is 4.08. The second kappa shape index (κ2) is 11.0. The van der Waals surface area contributed by atoms with Gasteiger partial charge in [0.2, 0.25) is 0 Å². The molecule has 1 aliphatic heterocycles. The molecule has 0 aromatic heterocycles. The third-order valence-corrected chi connectivity index (χ3v) is 3.78. The van der Waals surface area contributed by atoms with Crippen LogP contribution in [0.1, 0.15) is 19.3 Å². The predicted octanol–water partition coefficient (Wildman–Crippen LogP) is 4.33. The molecule has 1 heterocycles. The van der Waals surface area contributed by atoms with E-state index in [1.807, 2.05) is 24.3 Å². The van der Waals surface area contributed by atoms with E-state index in [1.54, 1.807) is 12.2 Å². The fourth-order valence-corrected chi connectivity index (χ4v) is 2.49. The molecule has 1 rings (SSSR count). The van der Waals surface area contributed by atoms with E-state index in [1.165, 1.54) is 30.7 Å². The summed E-state index contributed by atoms with van der Waals surface area (Å²) in [5.41, 5.74) is 2.33. The average Bonchev–Trinajstić information content (AvgIpc) is 2.54. The summed E-state index contributed by atoms with van der Waals surface area (Å²) in [6, 6.07) is 0. The summed E-state index contributed by atoms with van der Waals surface area (Å²) in [5, 5.41) is 0.